The minimum atomic E-state index is -0.339. The van der Waals surface area contributed by atoms with Crippen LogP contribution in [0.15, 0.2) is 0 Å². The molecule has 0 aromatic heterocycles. The van der Waals surface area contributed by atoms with E-state index in [9.17, 15) is 9.59 Å². The normalized spacial score (nSPS) is 32.2. The highest BCUT2D eigenvalue weighted by atomic mass is 16.2. The van der Waals surface area contributed by atoms with Crippen LogP contribution in [-0.2, 0) is 9.59 Å². The van der Waals surface area contributed by atoms with E-state index in [4.69, 9.17) is 6.42 Å². The second kappa shape index (κ2) is 3.35. The fourth-order valence-electron chi connectivity index (χ4n) is 2.84. The third-order valence-electron chi connectivity index (χ3n) is 3.90. The maximum absolute atomic E-state index is 12.1. The van der Waals surface area contributed by atoms with Gasteiger partial charge in [0.25, 0.3) is 0 Å². The summed E-state index contributed by atoms with van der Waals surface area (Å²) in [5, 5.41) is 0. The minimum Gasteiger partial charge on any atom is -0.274 e. The summed E-state index contributed by atoms with van der Waals surface area (Å²) in [4.78, 5) is 25.4. The molecule has 3 atom stereocenters. The molecule has 0 aromatic rings. The van der Waals surface area contributed by atoms with Crippen molar-refractivity contribution < 1.29 is 9.59 Å². The average molecular weight is 219 g/mol. The summed E-state index contributed by atoms with van der Waals surface area (Å²) in [5.41, 5.74) is -0.143. The van der Waals surface area contributed by atoms with Crippen LogP contribution in [0.25, 0.3) is 0 Å². The van der Waals surface area contributed by atoms with Gasteiger partial charge in [0.15, 0.2) is 0 Å². The fraction of sp³-hybridized carbons (Fsp3) is 0.692. The summed E-state index contributed by atoms with van der Waals surface area (Å²) >= 11 is 0. The van der Waals surface area contributed by atoms with Crippen molar-refractivity contribution in [3.63, 3.8) is 0 Å². The number of hydrogen-bond acceptors (Lipinski definition) is 2. The summed E-state index contributed by atoms with van der Waals surface area (Å²) in [7, 11) is 0. The molecule has 1 aliphatic heterocycles. The van der Waals surface area contributed by atoms with Gasteiger partial charge in [-0.15, -0.1) is 6.42 Å². The molecule has 2 rings (SSSR count). The van der Waals surface area contributed by atoms with E-state index in [2.05, 4.69) is 5.92 Å². The topological polar surface area (TPSA) is 37.4 Å². The zero-order valence-corrected chi connectivity index (χ0v) is 9.99. The summed E-state index contributed by atoms with van der Waals surface area (Å²) in [6.45, 7) is 5.94. The number of fused-ring (bicyclic) bond motifs is 1. The predicted molar refractivity (Wildman–Crippen MR) is 60.1 cm³/mol. The lowest BCUT2D eigenvalue weighted by atomic mass is 10.0. The van der Waals surface area contributed by atoms with Crippen molar-refractivity contribution in [3.8, 4) is 12.3 Å². The molecule has 86 valence electrons. The molecular weight excluding hydrogens is 202 g/mol. The number of nitrogens with zero attached hydrogens (tertiary/aromatic N) is 1. The Hall–Kier alpha value is -1.30. The Balaban J connectivity index is 2.19. The summed E-state index contributed by atoms with van der Waals surface area (Å²) in [6, 6.07) is -0.339. The van der Waals surface area contributed by atoms with Gasteiger partial charge >= 0.3 is 0 Å². The van der Waals surface area contributed by atoms with Crippen molar-refractivity contribution in [2.45, 2.75) is 39.7 Å². The third-order valence-corrected chi connectivity index (χ3v) is 3.90. The molecule has 0 N–H and O–H groups in total. The van der Waals surface area contributed by atoms with E-state index < -0.39 is 0 Å². The van der Waals surface area contributed by atoms with Crippen molar-refractivity contribution >= 4 is 11.8 Å². The van der Waals surface area contributed by atoms with Crippen LogP contribution in [-0.4, -0.2) is 22.8 Å². The number of imide groups is 1. The Labute approximate surface area is 96.2 Å². The van der Waals surface area contributed by atoms with Gasteiger partial charge in [-0.05, 0) is 11.8 Å². The van der Waals surface area contributed by atoms with Gasteiger partial charge in [0.2, 0.25) is 11.8 Å². The number of amides is 2. The summed E-state index contributed by atoms with van der Waals surface area (Å²) in [6.07, 6.45) is 6.98. The van der Waals surface area contributed by atoms with Gasteiger partial charge in [-0.1, -0.05) is 33.1 Å². The number of carbonyl (C=O) groups excluding carboxylic acids is 2. The zero-order valence-electron chi connectivity index (χ0n) is 9.99. The fourth-order valence-corrected chi connectivity index (χ4v) is 2.84. The lowest BCUT2D eigenvalue weighted by Gasteiger charge is -2.25. The molecule has 2 fully saturated rings. The molecule has 3 unspecified atom stereocenters. The minimum absolute atomic E-state index is 0.0589. The number of carbonyl (C=O) groups is 2. The summed E-state index contributed by atoms with van der Waals surface area (Å²) < 4.78 is 0. The maximum atomic E-state index is 12.1. The molecule has 0 bridgehead atoms. The van der Waals surface area contributed by atoms with Gasteiger partial charge in [0.05, 0.1) is 11.8 Å². The van der Waals surface area contributed by atoms with Gasteiger partial charge in [0.1, 0.15) is 6.04 Å². The van der Waals surface area contributed by atoms with Gasteiger partial charge in [-0.25, -0.2) is 0 Å². The lowest BCUT2D eigenvalue weighted by molar-refractivity contribution is -0.144. The van der Waals surface area contributed by atoms with E-state index in [-0.39, 0.29) is 35.1 Å². The van der Waals surface area contributed by atoms with Crippen molar-refractivity contribution in [2.24, 2.45) is 17.3 Å². The van der Waals surface area contributed by atoms with Gasteiger partial charge in [0, 0.05) is 0 Å². The first-order valence-electron chi connectivity index (χ1n) is 5.79. The van der Waals surface area contributed by atoms with Crippen molar-refractivity contribution in [1.82, 2.24) is 4.90 Å². The molecule has 0 spiro atoms. The van der Waals surface area contributed by atoms with Gasteiger partial charge in [-0.3, -0.25) is 14.5 Å². The Bertz CT molecular complexity index is 367. The Morgan fingerprint density at radius 2 is 1.88 bits per heavy atom. The third kappa shape index (κ3) is 1.22. The lowest BCUT2D eigenvalue weighted by Crippen LogP contribution is -2.43. The largest absolute Gasteiger partial charge is 0.274 e. The van der Waals surface area contributed by atoms with Gasteiger partial charge in [-0.2, -0.15) is 0 Å². The Morgan fingerprint density at radius 3 is 2.25 bits per heavy atom. The Kier molecular flexibility index (Phi) is 2.34. The molecule has 0 aromatic carbocycles. The number of piperidine rings is 1. The highest BCUT2D eigenvalue weighted by Crippen LogP contribution is 2.63. The van der Waals surface area contributed by atoms with Crippen LogP contribution >= 0.6 is 0 Å². The number of likely N-dealkylation sites (tertiary alicyclic amines) is 1. The average Bonchev–Trinajstić information content (AvgIpc) is 2.67. The second-order valence-corrected chi connectivity index (χ2v) is 5.29. The molecular formula is C13H17NO2. The number of hydrogen-bond donors (Lipinski definition) is 0. The first-order chi connectivity index (χ1) is 7.46. The Morgan fingerprint density at radius 1 is 1.38 bits per heavy atom. The zero-order chi connectivity index (χ0) is 12.1. The molecule has 0 radical (unpaired) electrons. The van der Waals surface area contributed by atoms with E-state index in [0.717, 1.165) is 6.42 Å². The predicted octanol–water partition coefficient (Wildman–Crippen LogP) is 1.43. The van der Waals surface area contributed by atoms with Crippen LogP contribution in [0.5, 0.6) is 0 Å². The molecule has 16 heavy (non-hydrogen) atoms. The summed E-state index contributed by atoms with van der Waals surface area (Å²) in [5.74, 6) is 2.20. The molecule has 3 nitrogen and oxygen atoms in total. The molecule has 1 saturated heterocycles. The molecule has 1 heterocycles. The van der Waals surface area contributed by atoms with E-state index in [0.29, 0.717) is 6.42 Å². The quantitative estimate of drug-likeness (QED) is 0.532. The van der Waals surface area contributed by atoms with Crippen LogP contribution < -0.4 is 0 Å². The standard InChI is InChI=1S/C13H17NO2/c1-5-7-8(6-2)14-11(15)9-10(12(14)16)13(9,3)4/h2,8-10H,5,7H2,1,3-4H3. The van der Waals surface area contributed by atoms with E-state index in [1.807, 2.05) is 20.8 Å². The van der Waals surface area contributed by atoms with Crippen molar-refractivity contribution in [2.75, 3.05) is 0 Å². The van der Waals surface area contributed by atoms with Gasteiger partial charge < -0.3 is 0 Å². The highest BCUT2D eigenvalue weighted by molar-refractivity contribution is 6.10. The van der Waals surface area contributed by atoms with Crippen LogP contribution in [0.4, 0.5) is 0 Å². The van der Waals surface area contributed by atoms with Crippen molar-refractivity contribution in [1.29, 1.82) is 0 Å². The maximum Gasteiger partial charge on any atom is 0.234 e. The second-order valence-electron chi connectivity index (χ2n) is 5.29. The molecule has 2 amide bonds. The first kappa shape index (κ1) is 11.2. The van der Waals surface area contributed by atoms with Crippen LogP contribution in [0.3, 0.4) is 0 Å². The molecule has 3 heteroatoms. The van der Waals surface area contributed by atoms with E-state index >= 15 is 0 Å². The molecule has 1 saturated carbocycles. The monoisotopic (exact) mass is 219 g/mol. The first-order valence-corrected chi connectivity index (χ1v) is 5.79. The van der Waals surface area contributed by atoms with E-state index in [1.54, 1.807) is 0 Å². The number of terminal acetylenes is 1. The van der Waals surface area contributed by atoms with Crippen molar-refractivity contribution in [3.05, 3.63) is 0 Å². The number of rotatable bonds is 3. The smallest absolute Gasteiger partial charge is 0.234 e. The SMILES string of the molecule is C#CC(CCC)N1C(=O)C2C(C1=O)C2(C)C. The highest BCUT2D eigenvalue weighted by Gasteiger charge is 2.73. The van der Waals surface area contributed by atoms with Crippen LogP contribution in [0, 0.1) is 29.6 Å². The van der Waals surface area contributed by atoms with Crippen LogP contribution in [0.1, 0.15) is 33.6 Å². The molecule has 2 aliphatic rings. The van der Waals surface area contributed by atoms with E-state index in [1.165, 1.54) is 4.90 Å². The van der Waals surface area contributed by atoms with Crippen LogP contribution in [0.2, 0.25) is 0 Å². The molecule has 1 aliphatic carbocycles.